The zero-order valence-corrected chi connectivity index (χ0v) is 9.50. The lowest BCUT2D eigenvalue weighted by Crippen LogP contribution is -2.21. The van der Waals surface area contributed by atoms with Crippen molar-refractivity contribution in [2.75, 3.05) is 11.9 Å². The van der Waals surface area contributed by atoms with E-state index in [0.717, 1.165) is 6.54 Å². The number of halogens is 1. The average molecular weight is 241 g/mol. The molecule has 4 nitrogen and oxygen atoms in total. The van der Waals surface area contributed by atoms with Gasteiger partial charge in [-0.1, -0.05) is 18.0 Å². The summed E-state index contributed by atoms with van der Waals surface area (Å²) < 4.78 is 0. The van der Waals surface area contributed by atoms with Gasteiger partial charge in [0.1, 0.15) is 5.82 Å². The summed E-state index contributed by atoms with van der Waals surface area (Å²) in [6.07, 6.45) is 5.15. The number of nitrogens with one attached hydrogen (secondary N) is 1. The first-order valence-electron chi connectivity index (χ1n) is 5.29. The van der Waals surface area contributed by atoms with Crippen molar-refractivity contribution in [1.82, 2.24) is 4.98 Å². The molecule has 1 saturated carbocycles. The molecule has 0 atom stereocenters. The second kappa shape index (κ2) is 4.70. The molecule has 2 rings (SSSR count). The molecule has 0 radical (unpaired) electrons. The molecule has 0 spiro atoms. The van der Waals surface area contributed by atoms with E-state index in [1.54, 1.807) is 0 Å². The van der Waals surface area contributed by atoms with Gasteiger partial charge in [0, 0.05) is 12.7 Å². The third-order valence-corrected chi connectivity index (χ3v) is 3.18. The number of carbonyl (C=O) groups is 1. The number of hydrogen-bond donors (Lipinski definition) is 2. The molecule has 0 amide bonds. The fraction of sp³-hybridized carbons (Fsp3) is 0.455. The number of hydrogen-bond acceptors (Lipinski definition) is 3. The predicted octanol–water partition coefficient (Wildman–Crippen LogP) is 2.65. The summed E-state index contributed by atoms with van der Waals surface area (Å²) in [5.74, 6) is 0.249. The molecular formula is C11H13ClN2O2. The maximum absolute atomic E-state index is 10.8. The van der Waals surface area contributed by atoms with Gasteiger partial charge in [-0.2, -0.15) is 0 Å². The van der Waals surface area contributed by atoms with Crippen LogP contribution >= 0.6 is 11.6 Å². The maximum atomic E-state index is 10.8. The first-order chi connectivity index (χ1) is 7.66. The third kappa shape index (κ3) is 2.44. The maximum Gasteiger partial charge on any atom is 0.337 e. The molecule has 1 fully saturated rings. The molecule has 0 bridgehead atoms. The number of nitrogens with zero attached hydrogens (tertiary/aromatic N) is 1. The highest BCUT2D eigenvalue weighted by Crippen LogP contribution is 2.26. The number of carboxylic acid groups (broad SMARTS) is 1. The lowest BCUT2D eigenvalue weighted by molar-refractivity contribution is 0.0697. The number of rotatable bonds is 4. The van der Waals surface area contributed by atoms with Gasteiger partial charge in [-0.25, -0.2) is 9.78 Å². The summed E-state index contributed by atoms with van der Waals surface area (Å²) in [7, 11) is 0. The number of anilines is 1. The highest BCUT2D eigenvalue weighted by Gasteiger charge is 2.17. The van der Waals surface area contributed by atoms with Gasteiger partial charge in [-0.05, 0) is 24.8 Å². The average Bonchev–Trinajstić information content (AvgIpc) is 2.17. The summed E-state index contributed by atoms with van der Waals surface area (Å²) >= 11 is 5.72. The Hall–Kier alpha value is -1.29. The fourth-order valence-electron chi connectivity index (χ4n) is 1.65. The fourth-order valence-corrected chi connectivity index (χ4v) is 1.83. The summed E-state index contributed by atoms with van der Waals surface area (Å²) in [5.41, 5.74) is 0.0905. The van der Waals surface area contributed by atoms with Crippen LogP contribution in [0.15, 0.2) is 12.3 Å². The molecule has 0 unspecified atom stereocenters. The molecule has 1 aromatic rings. The lowest BCUT2D eigenvalue weighted by atomic mass is 9.85. The van der Waals surface area contributed by atoms with Crippen molar-refractivity contribution in [2.45, 2.75) is 19.3 Å². The lowest BCUT2D eigenvalue weighted by Gasteiger charge is -2.25. The van der Waals surface area contributed by atoms with Crippen LogP contribution in [0.4, 0.5) is 5.82 Å². The minimum Gasteiger partial charge on any atom is -0.478 e. The van der Waals surface area contributed by atoms with Gasteiger partial charge in [0.05, 0.1) is 10.6 Å². The molecule has 5 heteroatoms. The van der Waals surface area contributed by atoms with E-state index in [2.05, 4.69) is 10.3 Å². The number of pyridine rings is 1. The van der Waals surface area contributed by atoms with Crippen LogP contribution in [0.5, 0.6) is 0 Å². The standard InChI is InChI=1S/C11H13ClN2O2/c12-9-6-14-10(4-8(9)11(15)16)13-5-7-2-1-3-7/h4,6-7H,1-3,5H2,(H,13,14)(H,15,16). The van der Waals surface area contributed by atoms with Crippen LogP contribution in [0.1, 0.15) is 29.6 Å². The second-order valence-electron chi connectivity index (χ2n) is 4.03. The normalized spacial score (nSPS) is 15.6. The van der Waals surface area contributed by atoms with E-state index in [1.807, 2.05) is 0 Å². The van der Waals surface area contributed by atoms with Crippen LogP contribution in [0, 0.1) is 5.92 Å². The zero-order valence-electron chi connectivity index (χ0n) is 8.74. The molecule has 1 aromatic heterocycles. The van der Waals surface area contributed by atoms with E-state index in [0.29, 0.717) is 11.7 Å². The van der Waals surface area contributed by atoms with Gasteiger partial charge < -0.3 is 10.4 Å². The minimum atomic E-state index is -1.03. The Bertz CT molecular complexity index is 405. The molecule has 86 valence electrons. The minimum absolute atomic E-state index is 0.0905. The second-order valence-corrected chi connectivity index (χ2v) is 4.44. The summed E-state index contributed by atoms with van der Waals surface area (Å²) in [6.45, 7) is 0.855. The number of aromatic nitrogens is 1. The van der Waals surface area contributed by atoms with Crippen molar-refractivity contribution < 1.29 is 9.90 Å². The first kappa shape index (κ1) is 11.2. The summed E-state index contributed by atoms with van der Waals surface area (Å²) in [4.78, 5) is 14.9. The van der Waals surface area contributed by atoms with Crippen molar-refractivity contribution in [3.05, 3.63) is 22.8 Å². The molecule has 1 aliphatic carbocycles. The number of aromatic carboxylic acids is 1. The van der Waals surface area contributed by atoms with Gasteiger partial charge in [0.15, 0.2) is 0 Å². The third-order valence-electron chi connectivity index (χ3n) is 2.88. The smallest absolute Gasteiger partial charge is 0.337 e. The van der Waals surface area contributed by atoms with Crippen LogP contribution < -0.4 is 5.32 Å². The predicted molar refractivity (Wildman–Crippen MR) is 62.0 cm³/mol. The van der Waals surface area contributed by atoms with E-state index in [-0.39, 0.29) is 10.6 Å². The first-order valence-corrected chi connectivity index (χ1v) is 5.67. The number of carboxylic acids is 1. The molecule has 0 aromatic carbocycles. The Kier molecular flexibility index (Phi) is 3.29. The molecule has 1 heterocycles. The van der Waals surface area contributed by atoms with E-state index in [1.165, 1.54) is 31.5 Å². The molecule has 0 saturated heterocycles. The summed E-state index contributed by atoms with van der Waals surface area (Å²) in [6, 6.07) is 1.48. The van der Waals surface area contributed by atoms with Crippen molar-refractivity contribution in [3.8, 4) is 0 Å². The van der Waals surface area contributed by atoms with E-state index >= 15 is 0 Å². The van der Waals surface area contributed by atoms with Crippen molar-refractivity contribution in [3.63, 3.8) is 0 Å². The van der Waals surface area contributed by atoms with Crippen molar-refractivity contribution >= 4 is 23.4 Å². The van der Waals surface area contributed by atoms with Gasteiger partial charge in [-0.15, -0.1) is 0 Å². The Morgan fingerprint density at radius 3 is 2.94 bits per heavy atom. The van der Waals surface area contributed by atoms with Gasteiger partial charge >= 0.3 is 5.97 Å². The van der Waals surface area contributed by atoms with Gasteiger partial charge in [0.2, 0.25) is 0 Å². The van der Waals surface area contributed by atoms with E-state index in [9.17, 15) is 4.79 Å². The monoisotopic (exact) mass is 240 g/mol. The highest BCUT2D eigenvalue weighted by molar-refractivity contribution is 6.33. The quantitative estimate of drug-likeness (QED) is 0.849. The summed E-state index contributed by atoms with van der Waals surface area (Å²) in [5, 5.41) is 12.2. The Balaban J connectivity index is 2.03. The Labute approximate surface area is 98.6 Å². The SMILES string of the molecule is O=C(O)c1cc(NCC2CCC2)ncc1Cl. The molecule has 16 heavy (non-hydrogen) atoms. The molecular weight excluding hydrogens is 228 g/mol. The molecule has 0 aliphatic heterocycles. The van der Waals surface area contributed by atoms with Crippen LogP contribution in [0.2, 0.25) is 5.02 Å². The Morgan fingerprint density at radius 2 is 2.38 bits per heavy atom. The van der Waals surface area contributed by atoms with Gasteiger partial charge in [-0.3, -0.25) is 0 Å². The topological polar surface area (TPSA) is 62.2 Å². The Morgan fingerprint density at radius 1 is 1.62 bits per heavy atom. The van der Waals surface area contributed by atoms with E-state index in [4.69, 9.17) is 16.7 Å². The highest BCUT2D eigenvalue weighted by atomic mass is 35.5. The molecule has 2 N–H and O–H groups in total. The van der Waals surface area contributed by atoms with Gasteiger partial charge in [0.25, 0.3) is 0 Å². The van der Waals surface area contributed by atoms with Crippen molar-refractivity contribution in [2.24, 2.45) is 5.92 Å². The van der Waals surface area contributed by atoms with Crippen LogP contribution in [0.25, 0.3) is 0 Å². The van der Waals surface area contributed by atoms with Crippen LogP contribution in [-0.2, 0) is 0 Å². The zero-order chi connectivity index (χ0) is 11.5. The molecule has 1 aliphatic rings. The largest absolute Gasteiger partial charge is 0.478 e. The van der Waals surface area contributed by atoms with Crippen LogP contribution in [-0.4, -0.2) is 22.6 Å². The van der Waals surface area contributed by atoms with Crippen LogP contribution in [0.3, 0.4) is 0 Å². The van der Waals surface area contributed by atoms with E-state index < -0.39 is 5.97 Å². The van der Waals surface area contributed by atoms with Crippen molar-refractivity contribution in [1.29, 1.82) is 0 Å².